The minimum absolute atomic E-state index is 0.155. The smallest absolute Gasteiger partial charge is 0.475 e. The van der Waals surface area contributed by atoms with Gasteiger partial charge in [-0.15, -0.1) is 10.2 Å². The number of morpholine rings is 1. The van der Waals surface area contributed by atoms with Crippen molar-refractivity contribution in [3.05, 3.63) is 72.4 Å². The second kappa shape index (κ2) is 19.6. The molecule has 1 aliphatic heterocycles. The number of hydrogen-bond acceptors (Lipinski definition) is 11. The maximum atomic E-state index is 14.4. The number of hydrogen-bond donors (Lipinski definition) is 4. The molecule has 4 aromatic rings. The summed E-state index contributed by atoms with van der Waals surface area (Å²) >= 11 is 0. The topological polar surface area (TPSA) is 219 Å². The fourth-order valence-corrected chi connectivity index (χ4v) is 6.78. The minimum atomic E-state index is -5.08. The fraction of sp³-hybridized carbons (Fsp3) is 0.450. The molecule has 1 saturated carbocycles. The van der Waals surface area contributed by atoms with Crippen LogP contribution in [0.2, 0.25) is 0 Å². The van der Waals surface area contributed by atoms with E-state index >= 15 is 0 Å². The maximum Gasteiger partial charge on any atom is 0.490 e. The van der Waals surface area contributed by atoms with Crippen molar-refractivity contribution in [1.29, 1.82) is 0 Å². The van der Waals surface area contributed by atoms with E-state index in [2.05, 4.69) is 41.9 Å². The second-order valence-corrected chi connectivity index (χ2v) is 15.2. The number of ether oxygens (including phenoxy) is 2. The average Bonchev–Trinajstić information content (AvgIpc) is 3.76. The molecule has 1 atom stereocenters. The number of nitrogens with zero attached hydrogens (tertiary/aromatic N) is 6. The lowest BCUT2D eigenvalue weighted by Gasteiger charge is -2.36. The van der Waals surface area contributed by atoms with Crippen LogP contribution >= 0.6 is 0 Å². The van der Waals surface area contributed by atoms with Crippen molar-refractivity contribution in [2.45, 2.75) is 70.7 Å². The number of carboxylic acid groups (broad SMARTS) is 1. The Morgan fingerprint density at radius 3 is 2.08 bits per heavy atom. The number of rotatable bonds is 11. The molecule has 2 aromatic carbocycles. The molecule has 59 heavy (non-hydrogen) atoms. The highest BCUT2D eigenvalue weighted by molar-refractivity contribution is 6.01. The molecule has 6 rings (SSSR count). The van der Waals surface area contributed by atoms with Crippen molar-refractivity contribution in [1.82, 2.24) is 30.9 Å². The highest BCUT2D eigenvalue weighted by Gasteiger charge is 2.38. The van der Waals surface area contributed by atoms with Crippen LogP contribution in [0.25, 0.3) is 22.5 Å². The van der Waals surface area contributed by atoms with E-state index in [0.717, 1.165) is 48.4 Å². The number of H-pyrrole nitrogens is 1. The zero-order valence-corrected chi connectivity index (χ0v) is 32.9. The number of benzene rings is 2. The number of amides is 3. The van der Waals surface area contributed by atoms with Crippen LogP contribution in [0.5, 0.6) is 0 Å². The summed E-state index contributed by atoms with van der Waals surface area (Å²) in [6.45, 7) is 8.99. The van der Waals surface area contributed by atoms with E-state index in [1.807, 2.05) is 57.3 Å². The number of nitrogens with two attached hydrogens (primary N) is 1. The molecule has 0 radical (unpaired) electrons. The molecular weight excluding hydrogens is 775 g/mol. The van der Waals surface area contributed by atoms with Crippen molar-refractivity contribution in [3.63, 3.8) is 0 Å². The van der Waals surface area contributed by atoms with Gasteiger partial charge in [-0.2, -0.15) is 18.4 Å². The molecule has 3 amide bonds. The number of carbonyl (C=O) groups is 4. The number of nitrogens with one attached hydrogen (secondary N) is 2. The lowest BCUT2D eigenvalue weighted by Crippen LogP contribution is -2.52. The Bertz CT molecular complexity index is 2000. The van der Waals surface area contributed by atoms with E-state index in [1.165, 1.54) is 0 Å². The lowest BCUT2D eigenvalue weighted by molar-refractivity contribution is -0.192. The van der Waals surface area contributed by atoms with Crippen molar-refractivity contribution >= 4 is 35.4 Å². The number of carbonyl (C=O) groups excluding carboxylic acids is 3. The standard InChI is InChI=1S/C38H47N9O5.C2HF3O2/c1-38(2,3)52-37(50)41-23-26-6-10-29(11-7-26)36(49)47(31-15-12-28(13-16-31)35-42-44-45-43-35)32(34(39)48)22-25-4-8-27(9-5-25)30-14-17-33(40-24-30)46-18-20-51-21-19-46;3-2(4,5)1(6)7/h4-5,8-9,12-17,24,26,29,32H,6-7,10-11,18-23H2,1-3H3,(H2,39,48)(H,41,50)(H,42,43,44,45);(H,6,7)/t26-,29-,32-;/m0./s1. The number of aliphatic carboxylic acids is 1. The predicted molar refractivity (Wildman–Crippen MR) is 210 cm³/mol. The number of aromatic amines is 1. The molecule has 16 nitrogen and oxygen atoms in total. The van der Waals surface area contributed by atoms with Gasteiger partial charge in [0.2, 0.25) is 17.6 Å². The highest BCUT2D eigenvalue weighted by atomic mass is 19.4. The first-order chi connectivity index (χ1) is 28.0. The summed E-state index contributed by atoms with van der Waals surface area (Å²) < 4.78 is 42.6. The van der Waals surface area contributed by atoms with E-state index in [9.17, 15) is 27.6 Å². The van der Waals surface area contributed by atoms with Gasteiger partial charge in [-0.1, -0.05) is 24.3 Å². The predicted octanol–water partition coefficient (Wildman–Crippen LogP) is 5.16. The molecule has 0 bridgehead atoms. The number of anilines is 2. The third kappa shape index (κ3) is 12.7. The second-order valence-electron chi connectivity index (χ2n) is 15.2. The Hall–Kier alpha value is -6.11. The molecule has 0 unspecified atom stereocenters. The number of alkyl carbamates (subject to hydrolysis) is 1. The zero-order valence-electron chi connectivity index (χ0n) is 32.9. The Morgan fingerprint density at radius 1 is 0.949 bits per heavy atom. The third-order valence-corrected chi connectivity index (χ3v) is 9.80. The van der Waals surface area contributed by atoms with Crippen LogP contribution in [0.4, 0.5) is 29.5 Å². The summed E-state index contributed by atoms with van der Waals surface area (Å²) in [6, 6.07) is 18.2. The van der Waals surface area contributed by atoms with Crippen LogP contribution in [-0.2, 0) is 30.3 Å². The number of aromatic nitrogens is 5. The highest BCUT2D eigenvalue weighted by Crippen LogP contribution is 2.33. The van der Waals surface area contributed by atoms with Gasteiger partial charge in [-0.25, -0.2) is 14.6 Å². The van der Waals surface area contributed by atoms with E-state index < -0.39 is 35.8 Å². The summed E-state index contributed by atoms with van der Waals surface area (Å²) in [4.78, 5) is 57.2. The van der Waals surface area contributed by atoms with Crippen LogP contribution in [0.1, 0.15) is 52.0 Å². The summed E-state index contributed by atoms with van der Waals surface area (Å²) in [7, 11) is 0. The number of primary amides is 1. The Morgan fingerprint density at radius 2 is 1.56 bits per heavy atom. The van der Waals surface area contributed by atoms with Crippen molar-refractivity contribution in [2.75, 3.05) is 42.6 Å². The van der Waals surface area contributed by atoms with E-state index in [-0.39, 0.29) is 24.2 Å². The Balaban J connectivity index is 0.000000867. The molecule has 19 heteroatoms. The number of halogens is 3. The first-order valence-electron chi connectivity index (χ1n) is 19.1. The van der Waals surface area contributed by atoms with Crippen LogP contribution in [-0.4, -0.2) is 105 Å². The van der Waals surface area contributed by atoms with Gasteiger partial charge >= 0.3 is 18.2 Å². The van der Waals surface area contributed by atoms with Crippen molar-refractivity contribution in [3.8, 4) is 22.5 Å². The van der Waals surface area contributed by atoms with Gasteiger partial charge in [0.25, 0.3) is 0 Å². The zero-order chi connectivity index (χ0) is 42.7. The molecular formula is C40H48F3N9O7. The van der Waals surface area contributed by atoms with Gasteiger partial charge < -0.3 is 30.5 Å². The van der Waals surface area contributed by atoms with Crippen molar-refractivity contribution in [2.24, 2.45) is 17.6 Å². The summed E-state index contributed by atoms with van der Waals surface area (Å²) in [5.74, 6) is -2.26. The first kappa shape index (κ1) is 44.0. The molecule has 5 N–H and O–H groups in total. The lowest BCUT2D eigenvalue weighted by atomic mass is 9.81. The SMILES string of the molecule is CC(C)(C)OC(=O)NC[C@H]1CC[C@H](C(=O)N(c2ccc(-c3nn[nH]n3)cc2)[C@@H](Cc2ccc(-c3ccc(N4CCOCC4)nc3)cc2)C(N)=O)CC1.O=C(O)C(F)(F)F. The van der Waals surface area contributed by atoms with Gasteiger partial charge in [-0.3, -0.25) is 14.5 Å². The molecule has 3 heterocycles. The number of tetrazole rings is 1. The largest absolute Gasteiger partial charge is 0.490 e. The van der Waals surface area contributed by atoms with E-state index in [4.69, 9.17) is 25.1 Å². The normalized spacial score (nSPS) is 17.5. The summed E-state index contributed by atoms with van der Waals surface area (Å²) in [5, 5.41) is 24.2. The molecule has 1 saturated heterocycles. The Kier molecular flexibility index (Phi) is 14.6. The molecule has 2 fully saturated rings. The van der Waals surface area contributed by atoms with Crippen LogP contribution in [0.15, 0.2) is 66.9 Å². The third-order valence-electron chi connectivity index (χ3n) is 9.80. The molecule has 2 aromatic heterocycles. The molecule has 2 aliphatic rings. The first-order valence-corrected chi connectivity index (χ1v) is 19.1. The van der Waals surface area contributed by atoms with Crippen LogP contribution < -0.4 is 20.9 Å². The van der Waals surface area contributed by atoms with Gasteiger partial charge in [0.1, 0.15) is 17.5 Å². The Labute approximate surface area is 338 Å². The monoisotopic (exact) mass is 823 g/mol. The van der Waals surface area contributed by atoms with Gasteiger partial charge in [0, 0.05) is 55.0 Å². The summed E-state index contributed by atoms with van der Waals surface area (Å²) in [5.41, 5.74) is 9.61. The molecule has 0 spiro atoms. The van der Waals surface area contributed by atoms with E-state index in [0.29, 0.717) is 49.7 Å². The fourth-order valence-electron chi connectivity index (χ4n) is 6.78. The van der Waals surface area contributed by atoms with Gasteiger partial charge in [0.05, 0.1) is 13.2 Å². The minimum Gasteiger partial charge on any atom is -0.475 e. The number of pyridine rings is 1. The van der Waals surface area contributed by atoms with E-state index in [1.54, 1.807) is 29.2 Å². The molecule has 1 aliphatic carbocycles. The van der Waals surface area contributed by atoms with Crippen LogP contribution in [0, 0.1) is 11.8 Å². The average molecular weight is 824 g/mol. The quantitative estimate of drug-likeness (QED) is 0.154. The molecule has 316 valence electrons. The van der Waals surface area contributed by atoms with Crippen LogP contribution in [0.3, 0.4) is 0 Å². The number of carboxylic acids is 1. The summed E-state index contributed by atoms with van der Waals surface area (Å²) in [6.07, 6.45) is -0.685. The van der Waals surface area contributed by atoms with Crippen molar-refractivity contribution < 1.29 is 46.9 Å². The van der Waals surface area contributed by atoms with Gasteiger partial charge in [0.15, 0.2) is 0 Å². The maximum absolute atomic E-state index is 14.4. The number of alkyl halides is 3. The van der Waals surface area contributed by atoms with Gasteiger partial charge in [-0.05, 0) is 105 Å².